The van der Waals surface area contributed by atoms with Gasteiger partial charge in [0.25, 0.3) is 0 Å². The van der Waals surface area contributed by atoms with Crippen molar-refractivity contribution in [2.75, 3.05) is 11.9 Å². The summed E-state index contributed by atoms with van der Waals surface area (Å²) in [5, 5.41) is 0. The zero-order chi connectivity index (χ0) is 9.14. The van der Waals surface area contributed by atoms with Crippen LogP contribution < -0.4 is 10.6 Å². The molecule has 0 atom stereocenters. The van der Waals surface area contributed by atoms with Crippen molar-refractivity contribution in [2.24, 2.45) is 5.73 Å². The third-order valence-electron chi connectivity index (χ3n) is 1.44. The fourth-order valence-electron chi connectivity index (χ4n) is 0.672. The summed E-state index contributed by atoms with van der Waals surface area (Å²) in [4.78, 5) is 19.8. The normalized spacial score (nSPS) is 9.50. The Hall–Kier alpha value is -1.65. The van der Waals surface area contributed by atoms with E-state index in [4.69, 9.17) is 5.73 Å². The number of hydrogen-bond donors (Lipinski definition) is 1. The Labute approximate surface area is 70.2 Å². The van der Waals surface area contributed by atoms with Crippen LogP contribution in [0.1, 0.15) is 5.69 Å². The topological polar surface area (TPSA) is 72.1 Å². The molecule has 64 valence electrons. The third-order valence-corrected chi connectivity index (χ3v) is 1.44. The molecular weight excluding hydrogens is 156 g/mol. The number of hydrogen-bond acceptors (Lipinski definition) is 3. The predicted molar refractivity (Wildman–Crippen MR) is 44.8 cm³/mol. The average Bonchev–Trinajstić information content (AvgIpc) is 2.04. The Bertz CT molecular complexity index is 282. The van der Waals surface area contributed by atoms with Crippen molar-refractivity contribution in [1.82, 2.24) is 9.97 Å². The number of urea groups is 1. The van der Waals surface area contributed by atoms with Gasteiger partial charge in [-0.15, -0.1) is 0 Å². The lowest BCUT2D eigenvalue weighted by molar-refractivity contribution is 0.255. The Kier molecular flexibility index (Phi) is 2.23. The van der Waals surface area contributed by atoms with Crippen LogP contribution in [0.2, 0.25) is 0 Å². The molecule has 2 amide bonds. The number of carbonyl (C=O) groups is 1. The molecule has 1 rings (SSSR count). The van der Waals surface area contributed by atoms with Gasteiger partial charge in [0.1, 0.15) is 0 Å². The van der Waals surface area contributed by atoms with Crippen LogP contribution in [0.15, 0.2) is 12.4 Å². The minimum Gasteiger partial charge on any atom is -0.351 e. The lowest BCUT2D eigenvalue weighted by atomic mass is 10.5. The number of carbonyl (C=O) groups excluding carboxylic acids is 1. The van der Waals surface area contributed by atoms with Gasteiger partial charge in [0.2, 0.25) is 0 Å². The molecule has 0 unspecified atom stereocenters. The molecule has 5 nitrogen and oxygen atoms in total. The van der Waals surface area contributed by atoms with Crippen molar-refractivity contribution in [3.05, 3.63) is 18.1 Å². The highest BCUT2D eigenvalue weighted by atomic mass is 16.2. The van der Waals surface area contributed by atoms with Gasteiger partial charge in [-0.25, -0.2) is 9.78 Å². The van der Waals surface area contributed by atoms with Crippen LogP contribution in [0.5, 0.6) is 0 Å². The van der Waals surface area contributed by atoms with Crippen molar-refractivity contribution in [1.29, 1.82) is 0 Å². The molecule has 2 N–H and O–H groups in total. The molecule has 1 heterocycles. The Balaban J connectivity index is 2.89. The number of anilines is 1. The zero-order valence-electron chi connectivity index (χ0n) is 6.98. The monoisotopic (exact) mass is 166 g/mol. The molecule has 0 radical (unpaired) electrons. The molecular formula is C7H10N4O. The van der Waals surface area contributed by atoms with Crippen LogP contribution >= 0.6 is 0 Å². The van der Waals surface area contributed by atoms with E-state index in [2.05, 4.69) is 9.97 Å². The second kappa shape index (κ2) is 3.17. The molecule has 5 heteroatoms. The molecule has 0 aliphatic rings. The number of amides is 2. The minimum absolute atomic E-state index is 0.452. The van der Waals surface area contributed by atoms with Crippen molar-refractivity contribution in [3.8, 4) is 0 Å². The first kappa shape index (κ1) is 8.45. The van der Waals surface area contributed by atoms with Crippen molar-refractivity contribution in [3.63, 3.8) is 0 Å². The summed E-state index contributed by atoms with van der Waals surface area (Å²) in [6.07, 6.45) is 3.08. The van der Waals surface area contributed by atoms with E-state index in [0.29, 0.717) is 5.82 Å². The summed E-state index contributed by atoms with van der Waals surface area (Å²) < 4.78 is 0. The van der Waals surface area contributed by atoms with E-state index in [1.807, 2.05) is 6.92 Å². The van der Waals surface area contributed by atoms with Gasteiger partial charge >= 0.3 is 6.03 Å². The smallest absolute Gasteiger partial charge is 0.320 e. The second-order valence-corrected chi connectivity index (χ2v) is 2.41. The predicted octanol–water partition coefficient (Wildman–Crippen LogP) is 0.300. The number of nitrogens with two attached hydrogens (primary N) is 1. The maximum absolute atomic E-state index is 10.7. The number of rotatable bonds is 1. The SMILES string of the molecule is Cc1cnc(N(C)C(N)=O)cn1. The Morgan fingerprint density at radius 1 is 1.50 bits per heavy atom. The summed E-state index contributed by atoms with van der Waals surface area (Å²) >= 11 is 0. The van der Waals surface area contributed by atoms with Crippen LogP contribution in [-0.4, -0.2) is 23.0 Å². The molecule has 0 saturated heterocycles. The molecule has 0 spiro atoms. The molecule has 0 saturated carbocycles. The minimum atomic E-state index is -0.548. The Morgan fingerprint density at radius 2 is 2.17 bits per heavy atom. The standard InChI is InChI=1S/C7H10N4O/c1-5-3-10-6(4-9-5)11(2)7(8)12/h3-4H,1-2H3,(H2,8,12). The lowest BCUT2D eigenvalue weighted by Crippen LogP contribution is -2.32. The van der Waals surface area contributed by atoms with Crippen LogP contribution in [0, 0.1) is 6.92 Å². The molecule has 1 aromatic heterocycles. The van der Waals surface area contributed by atoms with Crippen LogP contribution in [0.3, 0.4) is 0 Å². The van der Waals surface area contributed by atoms with Crippen molar-refractivity contribution >= 4 is 11.8 Å². The highest BCUT2D eigenvalue weighted by Crippen LogP contribution is 2.04. The molecule has 0 aromatic carbocycles. The number of aryl methyl sites for hydroxylation is 1. The van der Waals surface area contributed by atoms with Gasteiger partial charge in [-0.05, 0) is 6.92 Å². The quantitative estimate of drug-likeness (QED) is 0.652. The van der Waals surface area contributed by atoms with Gasteiger partial charge in [-0.3, -0.25) is 9.88 Å². The molecule has 0 aliphatic carbocycles. The van der Waals surface area contributed by atoms with E-state index in [1.165, 1.54) is 11.1 Å². The maximum Gasteiger partial charge on any atom is 0.320 e. The van der Waals surface area contributed by atoms with Gasteiger partial charge in [0.15, 0.2) is 5.82 Å². The third kappa shape index (κ3) is 1.69. The second-order valence-electron chi connectivity index (χ2n) is 2.41. The van der Waals surface area contributed by atoms with Crippen LogP contribution in [0.25, 0.3) is 0 Å². The van der Waals surface area contributed by atoms with Gasteiger partial charge in [0, 0.05) is 7.05 Å². The maximum atomic E-state index is 10.7. The van der Waals surface area contributed by atoms with Crippen molar-refractivity contribution in [2.45, 2.75) is 6.92 Å². The summed E-state index contributed by atoms with van der Waals surface area (Å²) in [6.45, 7) is 1.82. The summed E-state index contributed by atoms with van der Waals surface area (Å²) in [7, 11) is 1.54. The lowest BCUT2D eigenvalue weighted by Gasteiger charge is -2.11. The van der Waals surface area contributed by atoms with Gasteiger partial charge < -0.3 is 5.73 Å². The van der Waals surface area contributed by atoms with Crippen LogP contribution in [-0.2, 0) is 0 Å². The van der Waals surface area contributed by atoms with Gasteiger partial charge in [-0.2, -0.15) is 0 Å². The fraction of sp³-hybridized carbons (Fsp3) is 0.286. The van der Waals surface area contributed by atoms with E-state index in [9.17, 15) is 4.79 Å². The average molecular weight is 166 g/mol. The van der Waals surface area contributed by atoms with E-state index < -0.39 is 6.03 Å². The molecule has 0 aliphatic heterocycles. The highest BCUT2D eigenvalue weighted by Gasteiger charge is 2.06. The number of primary amides is 1. The first-order chi connectivity index (χ1) is 5.61. The van der Waals surface area contributed by atoms with E-state index in [0.717, 1.165) is 5.69 Å². The number of aromatic nitrogens is 2. The van der Waals surface area contributed by atoms with E-state index in [-0.39, 0.29) is 0 Å². The highest BCUT2D eigenvalue weighted by molar-refractivity contribution is 5.88. The van der Waals surface area contributed by atoms with Gasteiger partial charge in [-0.1, -0.05) is 0 Å². The van der Waals surface area contributed by atoms with Crippen LogP contribution in [0.4, 0.5) is 10.6 Å². The molecule has 0 bridgehead atoms. The summed E-state index contributed by atoms with van der Waals surface area (Å²) in [5.41, 5.74) is 5.83. The summed E-state index contributed by atoms with van der Waals surface area (Å²) in [6, 6.07) is -0.548. The van der Waals surface area contributed by atoms with Crippen molar-refractivity contribution < 1.29 is 4.79 Å². The largest absolute Gasteiger partial charge is 0.351 e. The first-order valence-corrected chi connectivity index (χ1v) is 3.43. The van der Waals surface area contributed by atoms with E-state index in [1.54, 1.807) is 13.2 Å². The fourth-order valence-corrected chi connectivity index (χ4v) is 0.672. The zero-order valence-corrected chi connectivity index (χ0v) is 6.98. The Morgan fingerprint density at radius 3 is 2.58 bits per heavy atom. The molecule has 0 fully saturated rings. The van der Waals surface area contributed by atoms with Gasteiger partial charge in [0.05, 0.1) is 18.1 Å². The first-order valence-electron chi connectivity index (χ1n) is 3.43. The van der Waals surface area contributed by atoms with E-state index >= 15 is 0 Å². The number of nitrogens with zero attached hydrogens (tertiary/aromatic N) is 3. The summed E-state index contributed by atoms with van der Waals surface area (Å²) in [5.74, 6) is 0.452. The molecule has 12 heavy (non-hydrogen) atoms. The molecule has 1 aromatic rings.